The second-order valence-corrected chi connectivity index (χ2v) is 5.35. The van der Waals surface area contributed by atoms with Gasteiger partial charge in [0.2, 0.25) is 5.91 Å². The van der Waals surface area contributed by atoms with Crippen LogP contribution >= 0.6 is 12.2 Å². The Morgan fingerprint density at radius 1 is 1.45 bits per heavy atom. The molecule has 0 spiro atoms. The lowest BCUT2D eigenvalue weighted by Gasteiger charge is -2.24. The van der Waals surface area contributed by atoms with Gasteiger partial charge in [-0.3, -0.25) is 9.69 Å². The Morgan fingerprint density at radius 2 is 2.10 bits per heavy atom. The maximum atomic E-state index is 12.3. The second kappa shape index (κ2) is 7.97. The molecule has 0 heterocycles. The van der Waals surface area contributed by atoms with E-state index in [1.807, 2.05) is 43.1 Å². The fourth-order valence-corrected chi connectivity index (χ4v) is 2.02. The fraction of sp³-hybridized carbons (Fsp3) is 0.467. The molecule has 1 aromatic rings. The van der Waals surface area contributed by atoms with Crippen molar-refractivity contribution in [3.63, 3.8) is 0 Å². The summed E-state index contributed by atoms with van der Waals surface area (Å²) >= 11 is 4.99. The van der Waals surface area contributed by atoms with Gasteiger partial charge >= 0.3 is 0 Å². The molecule has 110 valence electrons. The topological polar surface area (TPSA) is 58.4 Å². The molecule has 0 aromatic heterocycles. The molecule has 4 nitrogen and oxygen atoms in total. The normalized spacial score (nSPS) is 12.2. The van der Waals surface area contributed by atoms with Crippen molar-refractivity contribution in [1.82, 2.24) is 4.90 Å². The zero-order valence-electron chi connectivity index (χ0n) is 12.3. The van der Waals surface area contributed by atoms with Crippen LogP contribution in [0.2, 0.25) is 0 Å². The summed E-state index contributed by atoms with van der Waals surface area (Å²) in [7, 11) is 1.96. The van der Waals surface area contributed by atoms with E-state index in [-0.39, 0.29) is 16.9 Å². The Hall–Kier alpha value is -1.46. The number of carbonyl (C=O) groups excluding carboxylic acids is 1. The largest absolute Gasteiger partial charge is 0.389 e. The van der Waals surface area contributed by atoms with E-state index < -0.39 is 0 Å². The van der Waals surface area contributed by atoms with Crippen molar-refractivity contribution in [3.8, 4) is 0 Å². The minimum atomic E-state index is -0.194. The summed E-state index contributed by atoms with van der Waals surface area (Å²) in [5, 5.41) is 2.90. The number of carbonyl (C=O) groups is 1. The zero-order valence-corrected chi connectivity index (χ0v) is 13.2. The quantitative estimate of drug-likeness (QED) is 0.758. The van der Waals surface area contributed by atoms with Crippen LogP contribution in [0.15, 0.2) is 24.3 Å². The van der Waals surface area contributed by atoms with E-state index in [0.29, 0.717) is 11.3 Å². The van der Waals surface area contributed by atoms with E-state index in [1.165, 1.54) is 0 Å². The summed E-state index contributed by atoms with van der Waals surface area (Å²) in [5.41, 5.74) is 7.02. The van der Waals surface area contributed by atoms with Gasteiger partial charge in [0.1, 0.15) is 4.99 Å². The van der Waals surface area contributed by atoms with Gasteiger partial charge < -0.3 is 11.1 Å². The molecule has 20 heavy (non-hydrogen) atoms. The lowest BCUT2D eigenvalue weighted by Crippen LogP contribution is -2.40. The van der Waals surface area contributed by atoms with Crippen molar-refractivity contribution in [1.29, 1.82) is 0 Å². The summed E-state index contributed by atoms with van der Waals surface area (Å²) in [6.07, 6.45) is 2.19. The molecular formula is C15H23N3OS. The molecule has 1 rings (SSSR count). The van der Waals surface area contributed by atoms with Crippen LogP contribution in [0, 0.1) is 0 Å². The van der Waals surface area contributed by atoms with Crippen molar-refractivity contribution in [2.45, 2.75) is 32.7 Å². The first-order valence-electron chi connectivity index (χ1n) is 6.87. The van der Waals surface area contributed by atoms with Crippen LogP contribution in [0.1, 0.15) is 32.3 Å². The minimum Gasteiger partial charge on any atom is -0.389 e. The van der Waals surface area contributed by atoms with Gasteiger partial charge in [0.05, 0.1) is 11.7 Å². The SMILES string of the molecule is CCCCN(C)C(C)C(=O)Nc1ccccc1C(N)=S. The predicted octanol–water partition coefficient (Wildman–Crippen LogP) is 2.38. The number of para-hydroxylation sites is 1. The van der Waals surface area contributed by atoms with E-state index >= 15 is 0 Å². The van der Waals surface area contributed by atoms with Gasteiger partial charge in [-0.2, -0.15) is 0 Å². The highest BCUT2D eigenvalue weighted by Gasteiger charge is 2.18. The molecule has 5 heteroatoms. The summed E-state index contributed by atoms with van der Waals surface area (Å²) in [6.45, 7) is 4.94. The number of thiocarbonyl (C=S) groups is 1. The smallest absolute Gasteiger partial charge is 0.241 e. The number of nitrogens with two attached hydrogens (primary N) is 1. The Balaban J connectivity index is 2.73. The van der Waals surface area contributed by atoms with Crippen LogP contribution in [-0.2, 0) is 4.79 Å². The lowest BCUT2D eigenvalue weighted by molar-refractivity contribution is -0.120. The molecule has 0 radical (unpaired) electrons. The number of rotatable bonds is 7. The molecule has 1 aromatic carbocycles. The third kappa shape index (κ3) is 4.58. The third-order valence-corrected chi connectivity index (χ3v) is 3.58. The van der Waals surface area contributed by atoms with E-state index in [1.54, 1.807) is 0 Å². The third-order valence-electron chi connectivity index (χ3n) is 3.36. The average molecular weight is 293 g/mol. The van der Waals surface area contributed by atoms with Crippen molar-refractivity contribution in [2.24, 2.45) is 5.73 Å². The Bertz CT molecular complexity index is 476. The van der Waals surface area contributed by atoms with Crippen molar-refractivity contribution in [3.05, 3.63) is 29.8 Å². The highest BCUT2D eigenvalue weighted by Crippen LogP contribution is 2.15. The lowest BCUT2D eigenvalue weighted by atomic mass is 10.1. The van der Waals surface area contributed by atoms with Crippen LogP contribution in [0.5, 0.6) is 0 Å². The maximum absolute atomic E-state index is 12.3. The summed E-state index contributed by atoms with van der Waals surface area (Å²) in [4.78, 5) is 14.6. The van der Waals surface area contributed by atoms with Crippen LogP contribution in [0.3, 0.4) is 0 Å². The van der Waals surface area contributed by atoms with E-state index in [4.69, 9.17) is 18.0 Å². The van der Waals surface area contributed by atoms with Gasteiger partial charge in [-0.15, -0.1) is 0 Å². The van der Waals surface area contributed by atoms with Gasteiger partial charge in [0, 0.05) is 5.56 Å². The van der Waals surface area contributed by atoms with Crippen LogP contribution in [0.25, 0.3) is 0 Å². The summed E-state index contributed by atoms with van der Waals surface area (Å²) in [5.74, 6) is -0.0488. The number of amides is 1. The molecule has 1 unspecified atom stereocenters. The number of hydrogen-bond acceptors (Lipinski definition) is 3. The molecule has 1 amide bonds. The number of anilines is 1. The van der Waals surface area contributed by atoms with E-state index in [9.17, 15) is 4.79 Å². The van der Waals surface area contributed by atoms with E-state index in [2.05, 4.69) is 12.2 Å². The fourth-order valence-electron chi connectivity index (χ4n) is 1.85. The monoisotopic (exact) mass is 293 g/mol. The van der Waals surface area contributed by atoms with Crippen LogP contribution < -0.4 is 11.1 Å². The van der Waals surface area contributed by atoms with Gasteiger partial charge in [-0.1, -0.05) is 37.7 Å². The summed E-state index contributed by atoms with van der Waals surface area (Å²) in [6, 6.07) is 7.12. The first-order valence-corrected chi connectivity index (χ1v) is 7.28. The zero-order chi connectivity index (χ0) is 15.1. The number of nitrogens with one attached hydrogen (secondary N) is 1. The first kappa shape index (κ1) is 16.6. The molecule has 0 saturated heterocycles. The Labute approximate surface area is 126 Å². The number of hydrogen-bond donors (Lipinski definition) is 2. The standard InChI is InChI=1S/C15H23N3OS/c1-4-5-10-18(3)11(2)15(19)17-13-9-7-6-8-12(13)14(16)20/h6-9,11H,4-5,10H2,1-3H3,(H2,16,20)(H,17,19). The Morgan fingerprint density at radius 3 is 2.70 bits per heavy atom. The van der Waals surface area contributed by atoms with Gasteiger partial charge in [-0.05, 0) is 39.1 Å². The predicted molar refractivity (Wildman–Crippen MR) is 88.0 cm³/mol. The van der Waals surface area contributed by atoms with Crippen LogP contribution in [0.4, 0.5) is 5.69 Å². The number of benzene rings is 1. The Kier molecular flexibility index (Phi) is 6.61. The van der Waals surface area contributed by atoms with E-state index in [0.717, 1.165) is 19.4 Å². The molecule has 0 aliphatic carbocycles. The van der Waals surface area contributed by atoms with Crippen LogP contribution in [-0.4, -0.2) is 35.4 Å². The van der Waals surface area contributed by atoms with Crippen molar-refractivity contribution >= 4 is 28.8 Å². The minimum absolute atomic E-state index is 0.0488. The first-order chi connectivity index (χ1) is 9.47. The number of nitrogens with zero attached hydrogens (tertiary/aromatic N) is 1. The van der Waals surface area contributed by atoms with Gasteiger partial charge in [-0.25, -0.2) is 0 Å². The molecule has 0 fully saturated rings. The molecule has 3 N–H and O–H groups in total. The van der Waals surface area contributed by atoms with Crippen molar-refractivity contribution < 1.29 is 4.79 Å². The average Bonchev–Trinajstić information content (AvgIpc) is 2.44. The highest BCUT2D eigenvalue weighted by molar-refractivity contribution is 7.80. The van der Waals surface area contributed by atoms with Crippen molar-refractivity contribution in [2.75, 3.05) is 18.9 Å². The maximum Gasteiger partial charge on any atom is 0.241 e. The van der Waals surface area contributed by atoms with Gasteiger partial charge in [0.25, 0.3) is 0 Å². The highest BCUT2D eigenvalue weighted by atomic mass is 32.1. The molecular weight excluding hydrogens is 270 g/mol. The molecule has 0 saturated carbocycles. The molecule has 0 aliphatic rings. The number of unbranched alkanes of at least 4 members (excludes halogenated alkanes) is 1. The second-order valence-electron chi connectivity index (χ2n) is 4.91. The summed E-state index contributed by atoms with van der Waals surface area (Å²) < 4.78 is 0. The molecule has 0 bridgehead atoms. The number of likely N-dealkylation sites (N-methyl/N-ethyl adjacent to an activating group) is 1. The molecule has 1 atom stereocenters. The van der Waals surface area contributed by atoms with Gasteiger partial charge in [0.15, 0.2) is 0 Å². The molecule has 0 aliphatic heterocycles.